The van der Waals surface area contributed by atoms with Gasteiger partial charge in [0.1, 0.15) is 0 Å². The molecule has 0 aromatic rings. The average molecular weight is 218 g/mol. The summed E-state index contributed by atoms with van der Waals surface area (Å²) in [4.78, 5) is 2.33. The summed E-state index contributed by atoms with van der Waals surface area (Å²) in [6, 6.07) is 1.10. The van der Waals surface area contributed by atoms with Crippen LogP contribution in [0.5, 0.6) is 0 Å². The summed E-state index contributed by atoms with van der Waals surface area (Å²) in [6.45, 7) is 5.18. The number of hydrogen-bond donors (Lipinski definition) is 1. The van der Waals surface area contributed by atoms with Crippen LogP contribution in [0.15, 0.2) is 0 Å². The molecular formula is C14H22N2. The summed E-state index contributed by atoms with van der Waals surface area (Å²) >= 11 is 0. The Labute approximate surface area is 99.8 Å². The summed E-state index contributed by atoms with van der Waals surface area (Å²) in [6.07, 6.45) is 15.0. The maximum atomic E-state index is 5.35. The van der Waals surface area contributed by atoms with Gasteiger partial charge in [-0.15, -0.1) is 18.8 Å². The van der Waals surface area contributed by atoms with Crippen LogP contribution in [0.2, 0.25) is 0 Å². The van der Waals surface area contributed by atoms with Crippen LogP contribution in [-0.4, -0.2) is 36.6 Å². The summed E-state index contributed by atoms with van der Waals surface area (Å²) < 4.78 is 0. The number of nitrogens with one attached hydrogen (secondary N) is 1. The maximum absolute atomic E-state index is 5.35. The van der Waals surface area contributed by atoms with Gasteiger partial charge in [-0.1, -0.05) is 12.8 Å². The summed E-state index contributed by atoms with van der Waals surface area (Å²) in [5.41, 5.74) is 0. The Hall–Kier alpha value is -0.960. The van der Waals surface area contributed by atoms with Crippen LogP contribution in [0.3, 0.4) is 0 Å². The molecule has 16 heavy (non-hydrogen) atoms. The van der Waals surface area contributed by atoms with Crippen molar-refractivity contribution in [3.8, 4) is 24.7 Å². The largest absolute Gasteiger partial charge is 0.310 e. The first-order valence-corrected chi connectivity index (χ1v) is 6.15. The lowest BCUT2D eigenvalue weighted by molar-refractivity contribution is 0.208. The Morgan fingerprint density at radius 1 is 1.31 bits per heavy atom. The SMILES string of the molecule is C#CCC(CC)NC1CCN(CC#C)CC1. The lowest BCUT2D eigenvalue weighted by Crippen LogP contribution is -2.46. The minimum absolute atomic E-state index is 0.481. The zero-order valence-corrected chi connectivity index (χ0v) is 10.2. The number of piperidine rings is 1. The lowest BCUT2D eigenvalue weighted by Gasteiger charge is -2.33. The highest BCUT2D eigenvalue weighted by molar-refractivity contribution is 4.93. The van der Waals surface area contributed by atoms with Gasteiger partial charge in [-0.2, -0.15) is 0 Å². The molecule has 2 heteroatoms. The Bertz CT molecular complexity index is 263. The van der Waals surface area contributed by atoms with Crippen molar-refractivity contribution in [2.24, 2.45) is 0 Å². The van der Waals surface area contributed by atoms with Gasteiger partial charge >= 0.3 is 0 Å². The molecule has 0 spiro atoms. The van der Waals surface area contributed by atoms with Crippen molar-refractivity contribution < 1.29 is 0 Å². The normalized spacial score (nSPS) is 19.9. The standard InChI is InChI=1S/C14H22N2/c1-4-7-13(6-3)15-14-8-11-16(10-5-2)12-9-14/h1-2,13-15H,6-12H2,3H3. The molecule has 1 rings (SSSR count). The maximum Gasteiger partial charge on any atom is 0.0598 e. The molecular weight excluding hydrogens is 196 g/mol. The molecule has 88 valence electrons. The Morgan fingerprint density at radius 3 is 2.50 bits per heavy atom. The Morgan fingerprint density at radius 2 is 2.00 bits per heavy atom. The van der Waals surface area contributed by atoms with E-state index < -0.39 is 0 Å². The zero-order valence-electron chi connectivity index (χ0n) is 10.2. The van der Waals surface area contributed by atoms with E-state index in [1.54, 1.807) is 0 Å². The van der Waals surface area contributed by atoms with Crippen LogP contribution in [-0.2, 0) is 0 Å². The van der Waals surface area contributed by atoms with Gasteiger partial charge in [-0.25, -0.2) is 0 Å². The van der Waals surface area contributed by atoms with Gasteiger partial charge in [-0.3, -0.25) is 4.90 Å². The quantitative estimate of drug-likeness (QED) is 0.703. The van der Waals surface area contributed by atoms with E-state index in [1.807, 2.05) is 0 Å². The Balaban J connectivity index is 2.26. The fourth-order valence-electron chi connectivity index (χ4n) is 2.18. The molecule has 2 nitrogen and oxygen atoms in total. The van der Waals surface area contributed by atoms with Crippen molar-refractivity contribution in [1.82, 2.24) is 10.2 Å². The van der Waals surface area contributed by atoms with Gasteiger partial charge in [0, 0.05) is 31.6 Å². The van der Waals surface area contributed by atoms with Crippen molar-refractivity contribution in [1.29, 1.82) is 0 Å². The highest BCUT2D eigenvalue weighted by Gasteiger charge is 2.20. The predicted molar refractivity (Wildman–Crippen MR) is 69.0 cm³/mol. The second-order valence-electron chi connectivity index (χ2n) is 4.43. The molecule has 1 aliphatic rings. The average Bonchev–Trinajstić information content (AvgIpc) is 2.31. The number of terminal acetylenes is 2. The van der Waals surface area contributed by atoms with E-state index in [0.717, 1.165) is 32.5 Å². The van der Waals surface area contributed by atoms with E-state index in [2.05, 4.69) is 29.0 Å². The van der Waals surface area contributed by atoms with Crippen LogP contribution < -0.4 is 5.32 Å². The molecule has 1 saturated heterocycles. The van der Waals surface area contributed by atoms with Crippen LogP contribution in [0.4, 0.5) is 0 Å². The number of rotatable bonds is 5. The number of nitrogens with zero attached hydrogens (tertiary/aromatic N) is 1. The van der Waals surface area contributed by atoms with Crippen LogP contribution in [0, 0.1) is 24.7 Å². The van der Waals surface area contributed by atoms with Gasteiger partial charge in [0.25, 0.3) is 0 Å². The fraction of sp³-hybridized carbons (Fsp3) is 0.714. The third-order valence-electron chi connectivity index (χ3n) is 3.23. The second-order valence-corrected chi connectivity index (χ2v) is 4.43. The van der Waals surface area contributed by atoms with Crippen molar-refractivity contribution in [3.63, 3.8) is 0 Å². The van der Waals surface area contributed by atoms with E-state index in [0.29, 0.717) is 12.1 Å². The number of likely N-dealkylation sites (tertiary alicyclic amines) is 1. The van der Waals surface area contributed by atoms with Gasteiger partial charge in [0.05, 0.1) is 6.54 Å². The lowest BCUT2D eigenvalue weighted by atomic mass is 10.0. The molecule has 1 atom stereocenters. The van der Waals surface area contributed by atoms with Gasteiger partial charge in [0.15, 0.2) is 0 Å². The zero-order chi connectivity index (χ0) is 11.8. The van der Waals surface area contributed by atoms with Crippen LogP contribution >= 0.6 is 0 Å². The Kier molecular flexibility index (Phi) is 6.01. The third-order valence-corrected chi connectivity index (χ3v) is 3.23. The molecule has 0 saturated carbocycles. The van der Waals surface area contributed by atoms with E-state index in [1.165, 1.54) is 12.8 Å². The fourth-order valence-corrected chi connectivity index (χ4v) is 2.18. The van der Waals surface area contributed by atoms with Crippen molar-refractivity contribution >= 4 is 0 Å². The first-order chi connectivity index (χ1) is 7.80. The van der Waals surface area contributed by atoms with Crippen molar-refractivity contribution in [2.75, 3.05) is 19.6 Å². The van der Waals surface area contributed by atoms with Gasteiger partial charge in [-0.05, 0) is 19.3 Å². The molecule has 0 aromatic carbocycles. The van der Waals surface area contributed by atoms with E-state index in [4.69, 9.17) is 12.8 Å². The monoisotopic (exact) mass is 218 g/mol. The smallest absolute Gasteiger partial charge is 0.0598 e. The molecule has 1 unspecified atom stereocenters. The van der Waals surface area contributed by atoms with Gasteiger partial charge < -0.3 is 5.32 Å². The molecule has 0 aromatic heterocycles. The first kappa shape index (κ1) is 13.1. The van der Waals surface area contributed by atoms with Crippen molar-refractivity contribution in [2.45, 2.75) is 44.7 Å². The molecule has 0 amide bonds. The molecule has 1 aliphatic heterocycles. The summed E-state index contributed by atoms with van der Waals surface area (Å²) in [5, 5.41) is 3.65. The van der Waals surface area contributed by atoms with Gasteiger partial charge in [0.2, 0.25) is 0 Å². The van der Waals surface area contributed by atoms with Crippen LogP contribution in [0.25, 0.3) is 0 Å². The second kappa shape index (κ2) is 7.34. The molecule has 0 radical (unpaired) electrons. The minimum Gasteiger partial charge on any atom is -0.310 e. The van der Waals surface area contributed by atoms with Crippen LogP contribution in [0.1, 0.15) is 32.6 Å². The molecule has 1 fully saturated rings. The van der Waals surface area contributed by atoms with E-state index in [-0.39, 0.29) is 0 Å². The third kappa shape index (κ3) is 4.27. The molecule has 0 aliphatic carbocycles. The molecule has 1 N–H and O–H groups in total. The summed E-state index contributed by atoms with van der Waals surface area (Å²) in [5.74, 6) is 5.44. The predicted octanol–water partition coefficient (Wildman–Crippen LogP) is 1.48. The molecule has 1 heterocycles. The summed E-state index contributed by atoms with van der Waals surface area (Å²) in [7, 11) is 0. The molecule has 0 bridgehead atoms. The minimum atomic E-state index is 0.481. The highest BCUT2D eigenvalue weighted by atomic mass is 15.1. The topological polar surface area (TPSA) is 15.3 Å². The van der Waals surface area contributed by atoms with Crippen molar-refractivity contribution in [3.05, 3.63) is 0 Å². The van der Waals surface area contributed by atoms with E-state index in [9.17, 15) is 0 Å². The first-order valence-electron chi connectivity index (χ1n) is 6.15. The highest BCUT2D eigenvalue weighted by Crippen LogP contribution is 2.11. The van der Waals surface area contributed by atoms with E-state index >= 15 is 0 Å². The number of hydrogen-bond acceptors (Lipinski definition) is 2.